The zero-order chi connectivity index (χ0) is 16.9. The SMILES string of the molecule is CCNC(=O)OCCc1ccc(-c2noc(C(F)(F)F)n2)cc1. The number of alkyl halides is 3. The van der Waals surface area contributed by atoms with Crippen LogP contribution in [0, 0.1) is 0 Å². The molecule has 0 saturated heterocycles. The molecular formula is C14H14F3N3O3. The summed E-state index contributed by atoms with van der Waals surface area (Å²) in [5.41, 5.74) is 1.26. The van der Waals surface area contributed by atoms with Gasteiger partial charge < -0.3 is 14.6 Å². The third-order valence-electron chi connectivity index (χ3n) is 2.83. The molecule has 6 nitrogen and oxygen atoms in total. The first-order valence-electron chi connectivity index (χ1n) is 6.81. The maximum atomic E-state index is 12.4. The van der Waals surface area contributed by atoms with Crippen molar-refractivity contribution in [1.29, 1.82) is 0 Å². The van der Waals surface area contributed by atoms with Gasteiger partial charge in [-0.15, -0.1) is 0 Å². The van der Waals surface area contributed by atoms with Gasteiger partial charge in [-0.05, 0) is 12.5 Å². The molecule has 9 heteroatoms. The van der Waals surface area contributed by atoms with Crippen LogP contribution < -0.4 is 5.32 Å². The van der Waals surface area contributed by atoms with Crippen LogP contribution in [0.2, 0.25) is 0 Å². The summed E-state index contributed by atoms with van der Waals surface area (Å²) < 4.78 is 46.3. The van der Waals surface area contributed by atoms with Crippen molar-refractivity contribution < 1.29 is 27.2 Å². The summed E-state index contributed by atoms with van der Waals surface area (Å²) in [6.07, 6.45) is -4.67. The second-order valence-corrected chi connectivity index (χ2v) is 4.53. The topological polar surface area (TPSA) is 77.2 Å². The largest absolute Gasteiger partial charge is 0.471 e. The van der Waals surface area contributed by atoms with E-state index < -0.39 is 18.2 Å². The first kappa shape index (κ1) is 16.8. The van der Waals surface area contributed by atoms with Crippen molar-refractivity contribution in [1.82, 2.24) is 15.5 Å². The van der Waals surface area contributed by atoms with Crippen molar-refractivity contribution in [3.05, 3.63) is 35.7 Å². The number of rotatable bonds is 5. The first-order chi connectivity index (χ1) is 10.9. The lowest BCUT2D eigenvalue weighted by Crippen LogP contribution is -2.24. The third-order valence-corrected chi connectivity index (χ3v) is 2.83. The zero-order valence-corrected chi connectivity index (χ0v) is 12.2. The van der Waals surface area contributed by atoms with Gasteiger partial charge in [-0.2, -0.15) is 18.2 Å². The molecule has 2 rings (SSSR count). The van der Waals surface area contributed by atoms with Gasteiger partial charge in [-0.25, -0.2) is 4.79 Å². The molecule has 1 N–H and O–H groups in total. The van der Waals surface area contributed by atoms with Crippen molar-refractivity contribution in [3.8, 4) is 11.4 Å². The molecule has 0 spiro atoms. The number of hydrogen-bond donors (Lipinski definition) is 1. The number of amides is 1. The van der Waals surface area contributed by atoms with Gasteiger partial charge in [0.25, 0.3) is 0 Å². The van der Waals surface area contributed by atoms with Gasteiger partial charge in [0.1, 0.15) is 0 Å². The Morgan fingerprint density at radius 3 is 2.57 bits per heavy atom. The van der Waals surface area contributed by atoms with Crippen LogP contribution >= 0.6 is 0 Å². The molecule has 2 aromatic rings. The maximum Gasteiger partial charge on any atom is 0.471 e. The smallest absolute Gasteiger partial charge is 0.449 e. The van der Waals surface area contributed by atoms with Gasteiger partial charge in [0.2, 0.25) is 5.82 Å². The second kappa shape index (κ2) is 7.12. The van der Waals surface area contributed by atoms with E-state index >= 15 is 0 Å². The van der Waals surface area contributed by atoms with Gasteiger partial charge in [0.05, 0.1) is 6.61 Å². The summed E-state index contributed by atoms with van der Waals surface area (Å²) in [6.45, 7) is 2.46. The van der Waals surface area contributed by atoms with Crippen molar-refractivity contribution in [2.45, 2.75) is 19.5 Å². The monoisotopic (exact) mass is 329 g/mol. The predicted molar refractivity (Wildman–Crippen MR) is 73.5 cm³/mol. The minimum atomic E-state index is -4.67. The van der Waals surface area contributed by atoms with Crippen LogP contribution in [0.1, 0.15) is 18.4 Å². The average molecular weight is 329 g/mol. The minimum absolute atomic E-state index is 0.137. The molecule has 0 fully saturated rings. The lowest BCUT2D eigenvalue weighted by Gasteiger charge is -2.05. The van der Waals surface area contributed by atoms with E-state index in [-0.39, 0.29) is 12.4 Å². The normalized spacial score (nSPS) is 11.3. The fourth-order valence-electron chi connectivity index (χ4n) is 1.73. The number of benzene rings is 1. The Morgan fingerprint density at radius 1 is 1.30 bits per heavy atom. The average Bonchev–Trinajstić information content (AvgIpc) is 2.98. The van der Waals surface area contributed by atoms with E-state index in [1.54, 1.807) is 31.2 Å². The minimum Gasteiger partial charge on any atom is -0.449 e. The van der Waals surface area contributed by atoms with Crippen LogP contribution in [0.15, 0.2) is 28.8 Å². The Morgan fingerprint density at radius 2 is 2.00 bits per heavy atom. The molecule has 0 atom stereocenters. The van der Waals surface area contributed by atoms with E-state index in [9.17, 15) is 18.0 Å². The van der Waals surface area contributed by atoms with Crippen molar-refractivity contribution in [2.24, 2.45) is 0 Å². The number of nitrogens with one attached hydrogen (secondary N) is 1. The zero-order valence-electron chi connectivity index (χ0n) is 12.2. The molecule has 0 radical (unpaired) electrons. The third kappa shape index (κ3) is 4.70. The fraction of sp³-hybridized carbons (Fsp3) is 0.357. The van der Waals surface area contributed by atoms with Crippen LogP contribution in [0.4, 0.5) is 18.0 Å². The quantitative estimate of drug-likeness (QED) is 0.912. The lowest BCUT2D eigenvalue weighted by atomic mass is 10.1. The Bertz CT molecular complexity index is 653. The van der Waals surface area contributed by atoms with E-state index in [0.29, 0.717) is 18.5 Å². The van der Waals surface area contributed by atoms with Crippen LogP contribution in [0.3, 0.4) is 0 Å². The molecule has 0 aliphatic heterocycles. The fourth-order valence-corrected chi connectivity index (χ4v) is 1.73. The van der Waals surface area contributed by atoms with Gasteiger partial charge in [0.15, 0.2) is 0 Å². The van der Waals surface area contributed by atoms with Crippen LogP contribution in [0.25, 0.3) is 11.4 Å². The molecule has 0 aliphatic carbocycles. The molecule has 23 heavy (non-hydrogen) atoms. The molecule has 0 aliphatic rings. The summed E-state index contributed by atoms with van der Waals surface area (Å²) in [5, 5.41) is 5.80. The molecular weight excluding hydrogens is 315 g/mol. The van der Waals surface area contributed by atoms with E-state index in [1.165, 1.54) is 0 Å². The van der Waals surface area contributed by atoms with E-state index in [2.05, 4.69) is 20.0 Å². The highest BCUT2D eigenvalue weighted by Crippen LogP contribution is 2.29. The molecule has 0 bridgehead atoms. The second-order valence-electron chi connectivity index (χ2n) is 4.53. The number of aromatic nitrogens is 2. The highest BCUT2D eigenvalue weighted by Gasteiger charge is 2.38. The highest BCUT2D eigenvalue weighted by atomic mass is 19.4. The molecule has 0 saturated carbocycles. The number of carbonyl (C=O) groups excluding carboxylic acids is 1. The number of hydrogen-bond acceptors (Lipinski definition) is 5. The van der Waals surface area contributed by atoms with Crippen molar-refractivity contribution >= 4 is 6.09 Å². The van der Waals surface area contributed by atoms with E-state index in [1.807, 2.05) is 0 Å². The Kier molecular flexibility index (Phi) is 5.20. The summed E-state index contributed by atoms with van der Waals surface area (Å²) in [6, 6.07) is 6.54. The summed E-state index contributed by atoms with van der Waals surface area (Å²) >= 11 is 0. The number of alkyl carbamates (subject to hydrolysis) is 1. The van der Waals surface area contributed by atoms with Gasteiger partial charge >= 0.3 is 18.2 Å². The van der Waals surface area contributed by atoms with Gasteiger partial charge in [-0.3, -0.25) is 0 Å². The Hall–Kier alpha value is -2.58. The van der Waals surface area contributed by atoms with E-state index in [4.69, 9.17) is 4.74 Å². The van der Waals surface area contributed by atoms with Gasteiger partial charge in [0, 0.05) is 18.5 Å². The molecule has 124 valence electrons. The maximum absolute atomic E-state index is 12.4. The summed E-state index contributed by atoms with van der Waals surface area (Å²) in [4.78, 5) is 14.4. The van der Waals surface area contributed by atoms with Crippen LogP contribution in [-0.4, -0.2) is 29.4 Å². The number of carbonyl (C=O) groups is 1. The summed E-state index contributed by atoms with van der Waals surface area (Å²) in [5.74, 6) is -1.52. The van der Waals surface area contributed by atoms with Crippen LogP contribution in [0.5, 0.6) is 0 Å². The Labute approximate surface area is 129 Å². The van der Waals surface area contributed by atoms with E-state index in [0.717, 1.165) is 5.56 Å². The van der Waals surface area contributed by atoms with Crippen molar-refractivity contribution in [3.63, 3.8) is 0 Å². The van der Waals surface area contributed by atoms with Gasteiger partial charge in [-0.1, -0.05) is 29.4 Å². The molecule has 0 unspecified atom stereocenters. The molecule has 1 aromatic heterocycles. The summed E-state index contributed by atoms with van der Waals surface area (Å²) in [7, 11) is 0. The lowest BCUT2D eigenvalue weighted by molar-refractivity contribution is -0.159. The number of halogens is 3. The standard InChI is InChI=1S/C14H14F3N3O3/c1-2-18-13(21)22-8-7-9-3-5-10(6-4-9)11-19-12(23-20-11)14(15,16)17/h3-6H,2,7-8H2,1H3,(H,18,21). The highest BCUT2D eigenvalue weighted by molar-refractivity contribution is 5.66. The van der Waals surface area contributed by atoms with Crippen LogP contribution in [-0.2, 0) is 17.3 Å². The first-order valence-corrected chi connectivity index (χ1v) is 6.81. The molecule has 1 heterocycles. The van der Waals surface area contributed by atoms with Crippen molar-refractivity contribution in [2.75, 3.05) is 13.2 Å². The number of ether oxygens (including phenoxy) is 1. The number of nitrogens with zero attached hydrogens (tertiary/aromatic N) is 2. The molecule has 1 amide bonds. The Balaban J connectivity index is 1.94. The predicted octanol–water partition coefficient (Wildman–Crippen LogP) is 3.04. The molecule has 1 aromatic carbocycles.